The predicted molar refractivity (Wildman–Crippen MR) is 61.6 cm³/mol. The Morgan fingerprint density at radius 1 is 1.67 bits per heavy atom. The van der Waals surface area contributed by atoms with Crippen LogP contribution in [0.2, 0.25) is 0 Å². The van der Waals surface area contributed by atoms with E-state index in [0.29, 0.717) is 10.2 Å². The summed E-state index contributed by atoms with van der Waals surface area (Å²) in [6.07, 6.45) is 4.18. The van der Waals surface area contributed by atoms with E-state index >= 15 is 0 Å². The zero-order valence-electron chi connectivity index (χ0n) is 8.61. The molecule has 1 aromatic rings. The van der Waals surface area contributed by atoms with Gasteiger partial charge in [0.1, 0.15) is 4.60 Å². The van der Waals surface area contributed by atoms with Crippen LogP contribution in [-0.4, -0.2) is 29.4 Å². The third-order valence-electron chi connectivity index (χ3n) is 2.57. The van der Waals surface area contributed by atoms with Gasteiger partial charge in [-0.25, -0.2) is 4.98 Å². The highest BCUT2D eigenvalue weighted by Crippen LogP contribution is 2.29. The molecule has 1 amide bonds. The van der Waals surface area contributed by atoms with Crippen LogP contribution >= 0.6 is 15.9 Å². The van der Waals surface area contributed by atoms with Gasteiger partial charge in [-0.2, -0.15) is 0 Å². The topological polar surface area (TPSA) is 33.2 Å². The standard InChI is InChI=1S/C11H13BrN2O/c1-14(7-8-4-5-8)11(15)9-3-2-6-13-10(9)12/h2-3,6,8H,4-5,7H2,1H3. The van der Waals surface area contributed by atoms with Crippen LogP contribution in [0.1, 0.15) is 23.2 Å². The van der Waals surface area contributed by atoms with Gasteiger partial charge in [-0.3, -0.25) is 4.79 Å². The van der Waals surface area contributed by atoms with Gasteiger partial charge in [-0.1, -0.05) is 0 Å². The Morgan fingerprint density at radius 3 is 3.00 bits per heavy atom. The van der Waals surface area contributed by atoms with Gasteiger partial charge >= 0.3 is 0 Å². The van der Waals surface area contributed by atoms with Gasteiger partial charge in [0.25, 0.3) is 5.91 Å². The zero-order chi connectivity index (χ0) is 10.8. The van der Waals surface area contributed by atoms with Crippen LogP contribution in [0.15, 0.2) is 22.9 Å². The molecule has 1 aliphatic carbocycles. The van der Waals surface area contributed by atoms with Crippen molar-refractivity contribution in [2.24, 2.45) is 5.92 Å². The molecule has 0 N–H and O–H groups in total. The minimum atomic E-state index is 0.0434. The van der Waals surface area contributed by atoms with Crippen LogP contribution in [0, 0.1) is 5.92 Å². The first kappa shape index (κ1) is 10.6. The van der Waals surface area contributed by atoms with Gasteiger partial charge in [0.15, 0.2) is 0 Å². The summed E-state index contributed by atoms with van der Waals surface area (Å²) >= 11 is 3.29. The molecular weight excluding hydrogens is 256 g/mol. The fraction of sp³-hybridized carbons (Fsp3) is 0.455. The van der Waals surface area contributed by atoms with Crippen molar-refractivity contribution >= 4 is 21.8 Å². The van der Waals surface area contributed by atoms with E-state index in [4.69, 9.17) is 0 Å². The molecule has 0 aliphatic heterocycles. The van der Waals surface area contributed by atoms with Crippen molar-refractivity contribution in [3.63, 3.8) is 0 Å². The molecule has 0 aromatic carbocycles. The van der Waals surface area contributed by atoms with Gasteiger partial charge in [-0.05, 0) is 46.8 Å². The van der Waals surface area contributed by atoms with Crippen LogP contribution in [-0.2, 0) is 0 Å². The minimum Gasteiger partial charge on any atom is -0.341 e. The molecule has 0 atom stereocenters. The highest BCUT2D eigenvalue weighted by molar-refractivity contribution is 9.10. The Kier molecular flexibility index (Phi) is 3.05. The van der Waals surface area contributed by atoms with Crippen LogP contribution < -0.4 is 0 Å². The van der Waals surface area contributed by atoms with E-state index < -0.39 is 0 Å². The highest BCUT2D eigenvalue weighted by atomic mass is 79.9. The highest BCUT2D eigenvalue weighted by Gasteiger charge is 2.25. The van der Waals surface area contributed by atoms with Gasteiger partial charge in [0, 0.05) is 19.8 Å². The summed E-state index contributed by atoms with van der Waals surface area (Å²) in [7, 11) is 1.85. The molecule has 3 nitrogen and oxygen atoms in total. The average Bonchev–Trinajstić information content (AvgIpc) is 3.01. The summed E-state index contributed by atoms with van der Waals surface area (Å²) in [6.45, 7) is 0.861. The average molecular weight is 269 g/mol. The van der Waals surface area contributed by atoms with E-state index in [0.717, 1.165) is 12.5 Å². The monoisotopic (exact) mass is 268 g/mol. The number of carbonyl (C=O) groups is 1. The molecule has 0 unspecified atom stereocenters. The smallest absolute Gasteiger partial charge is 0.256 e. The summed E-state index contributed by atoms with van der Waals surface area (Å²) in [5.74, 6) is 0.760. The maximum atomic E-state index is 12.0. The molecule has 1 heterocycles. The molecule has 0 radical (unpaired) electrons. The summed E-state index contributed by atoms with van der Waals surface area (Å²) in [5, 5.41) is 0. The molecule has 0 saturated heterocycles. The Morgan fingerprint density at radius 2 is 2.40 bits per heavy atom. The SMILES string of the molecule is CN(CC1CC1)C(=O)c1cccnc1Br. The first-order chi connectivity index (χ1) is 7.18. The second-order valence-corrected chi connectivity index (χ2v) is 4.72. The lowest BCUT2D eigenvalue weighted by atomic mass is 10.2. The molecule has 1 aromatic heterocycles. The first-order valence-corrected chi connectivity index (χ1v) is 5.84. The number of halogens is 1. The van der Waals surface area contributed by atoms with E-state index in [2.05, 4.69) is 20.9 Å². The number of amides is 1. The summed E-state index contributed by atoms with van der Waals surface area (Å²) < 4.78 is 0.623. The molecular formula is C11H13BrN2O. The maximum Gasteiger partial charge on any atom is 0.256 e. The summed E-state index contributed by atoms with van der Waals surface area (Å²) in [4.78, 5) is 17.8. The van der Waals surface area contributed by atoms with Crippen LogP contribution in [0.5, 0.6) is 0 Å². The predicted octanol–water partition coefficient (Wildman–Crippen LogP) is 2.33. The third kappa shape index (κ3) is 2.56. The van der Waals surface area contributed by atoms with Crippen molar-refractivity contribution in [2.45, 2.75) is 12.8 Å². The molecule has 1 aliphatic rings. The number of nitrogens with zero attached hydrogens (tertiary/aromatic N) is 2. The number of hydrogen-bond donors (Lipinski definition) is 0. The molecule has 1 fully saturated rings. The molecule has 0 spiro atoms. The lowest BCUT2D eigenvalue weighted by Gasteiger charge is -2.17. The number of pyridine rings is 1. The van der Waals surface area contributed by atoms with Gasteiger partial charge < -0.3 is 4.90 Å². The van der Waals surface area contributed by atoms with Crippen LogP contribution in [0.3, 0.4) is 0 Å². The number of aromatic nitrogens is 1. The van der Waals surface area contributed by atoms with Gasteiger partial charge in [0.05, 0.1) is 5.56 Å². The lowest BCUT2D eigenvalue weighted by Crippen LogP contribution is -2.29. The largest absolute Gasteiger partial charge is 0.341 e. The van der Waals surface area contributed by atoms with Crippen molar-refractivity contribution < 1.29 is 4.79 Å². The van der Waals surface area contributed by atoms with Crippen molar-refractivity contribution in [2.75, 3.05) is 13.6 Å². The molecule has 2 rings (SSSR count). The van der Waals surface area contributed by atoms with E-state index in [1.807, 2.05) is 7.05 Å². The zero-order valence-corrected chi connectivity index (χ0v) is 10.2. The first-order valence-electron chi connectivity index (χ1n) is 5.04. The molecule has 4 heteroatoms. The summed E-state index contributed by atoms with van der Waals surface area (Å²) in [6, 6.07) is 3.58. The fourth-order valence-corrected chi connectivity index (χ4v) is 1.94. The normalized spacial score (nSPS) is 15.1. The van der Waals surface area contributed by atoms with E-state index in [1.54, 1.807) is 23.2 Å². The van der Waals surface area contributed by atoms with E-state index in [1.165, 1.54) is 12.8 Å². The van der Waals surface area contributed by atoms with Gasteiger partial charge in [-0.15, -0.1) is 0 Å². The maximum absolute atomic E-state index is 12.0. The van der Waals surface area contributed by atoms with Crippen molar-refractivity contribution in [1.82, 2.24) is 9.88 Å². The fourth-order valence-electron chi connectivity index (χ4n) is 1.52. The molecule has 1 saturated carbocycles. The molecule has 0 bridgehead atoms. The van der Waals surface area contributed by atoms with E-state index in [-0.39, 0.29) is 5.91 Å². The Balaban J connectivity index is 2.08. The van der Waals surface area contributed by atoms with Crippen LogP contribution in [0.25, 0.3) is 0 Å². The quantitative estimate of drug-likeness (QED) is 0.789. The second kappa shape index (κ2) is 4.31. The van der Waals surface area contributed by atoms with Crippen molar-refractivity contribution in [3.8, 4) is 0 Å². The molecule has 15 heavy (non-hydrogen) atoms. The lowest BCUT2D eigenvalue weighted by molar-refractivity contribution is 0.0787. The second-order valence-electron chi connectivity index (χ2n) is 3.97. The van der Waals surface area contributed by atoms with Crippen molar-refractivity contribution in [3.05, 3.63) is 28.5 Å². The number of hydrogen-bond acceptors (Lipinski definition) is 2. The summed E-state index contributed by atoms with van der Waals surface area (Å²) in [5.41, 5.74) is 0.639. The minimum absolute atomic E-state index is 0.0434. The van der Waals surface area contributed by atoms with Crippen molar-refractivity contribution in [1.29, 1.82) is 0 Å². The Bertz CT molecular complexity index is 377. The molecule has 80 valence electrons. The number of carbonyl (C=O) groups excluding carboxylic acids is 1. The Hall–Kier alpha value is -0.900. The van der Waals surface area contributed by atoms with Crippen LogP contribution in [0.4, 0.5) is 0 Å². The third-order valence-corrected chi connectivity index (χ3v) is 3.20. The van der Waals surface area contributed by atoms with E-state index in [9.17, 15) is 4.79 Å². The Labute approximate surface area is 97.6 Å². The van der Waals surface area contributed by atoms with Gasteiger partial charge in [0.2, 0.25) is 0 Å². The number of rotatable bonds is 3.